The highest BCUT2D eigenvalue weighted by atomic mass is 79.9. The Bertz CT molecular complexity index is 555. The van der Waals surface area contributed by atoms with Crippen LogP contribution in [0.5, 0.6) is 5.75 Å². The zero-order chi connectivity index (χ0) is 13.8. The van der Waals surface area contributed by atoms with Crippen molar-refractivity contribution < 1.29 is 4.74 Å². The molecule has 0 spiro atoms. The van der Waals surface area contributed by atoms with E-state index in [-0.39, 0.29) is 6.10 Å². The summed E-state index contributed by atoms with van der Waals surface area (Å²) in [5.74, 6) is 0.832. The number of nitrogens with two attached hydrogens (primary N) is 1. The van der Waals surface area contributed by atoms with Gasteiger partial charge in [0.1, 0.15) is 11.9 Å². The van der Waals surface area contributed by atoms with Crippen LogP contribution in [-0.2, 0) is 0 Å². The molecule has 2 aromatic carbocycles. The Balaban J connectivity index is 2.18. The molecule has 19 heavy (non-hydrogen) atoms. The van der Waals surface area contributed by atoms with Gasteiger partial charge in [0.25, 0.3) is 0 Å². The molecule has 0 aliphatic rings. The first-order valence-electron chi connectivity index (χ1n) is 5.98. The molecule has 2 N–H and O–H groups in total. The van der Waals surface area contributed by atoms with Crippen LogP contribution < -0.4 is 10.5 Å². The van der Waals surface area contributed by atoms with Crippen LogP contribution in [0, 0.1) is 6.92 Å². The number of benzene rings is 2. The molecule has 2 aromatic rings. The highest BCUT2D eigenvalue weighted by Crippen LogP contribution is 2.26. The summed E-state index contributed by atoms with van der Waals surface area (Å²) in [5, 5.41) is 0. The summed E-state index contributed by atoms with van der Waals surface area (Å²) in [4.78, 5) is 0. The van der Waals surface area contributed by atoms with E-state index < -0.39 is 0 Å². The molecule has 4 heteroatoms. The van der Waals surface area contributed by atoms with Crippen molar-refractivity contribution in [2.75, 3.05) is 6.54 Å². The topological polar surface area (TPSA) is 35.2 Å². The summed E-state index contributed by atoms with van der Waals surface area (Å²) >= 11 is 6.90. The molecular formula is C15H15Br2NO. The van der Waals surface area contributed by atoms with Crippen molar-refractivity contribution in [2.24, 2.45) is 5.73 Å². The van der Waals surface area contributed by atoms with E-state index >= 15 is 0 Å². The first-order chi connectivity index (χ1) is 9.10. The second kappa shape index (κ2) is 6.55. The summed E-state index contributed by atoms with van der Waals surface area (Å²) in [7, 11) is 0. The number of hydrogen-bond acceptors (Lipinski definition) is 2. The van der Waals surface area contributed by atoms with Gasteiger partial charge >= 0.3 is 0 Å². The predicted octanol–water partition coefficient (Wildman–Crippen LogP) is 4.60. The van der Waals surface area contributed by atoms with Crippen LogP contribution in [0.1, 0.15) is 17.2 Å². The minimum Gasteiger partial charge on any atom is -0.484 e. The number of halogens is 2. The Hall–Kier alpha value is -0.840. The summed E-state index contributed by atoms with van der Waals surface area (Å²) in [6, 6.07) is 14.0. The third-order valence-electron chi connectivity index (χ3n) is 2.86. The number of rotatable bonds is 4. The van der Waals surface area contributed by atoms with Crippen LogP contribution >= 0.6 is 31.9 Å². The normalized spacial score (nSPS) is 12.2. The fourth-order valence-electron chi connectivity index (χ4n) is 1.78. The van der Waals surface area contributed by atoms with Gasteiger partial charge < -0.3 is 10.5 Å². The van der Waals surface area contributed by atoms with Crippen molar-refractivity contribution in [3.8, 4) is 5.75 Å². The summed E-state index contributed by atoms with van der Waals surface area (Å²) in [5.41, 5.74) is 8.03. The maximum atomic E-state index is 5.96. The van der Waals surface area contributed by atoms with Gasteiger partial charge in [-0.1, -0.05) is 44.0 Å². The summed E-state index contributed by atoms with van der Waals surface area (Å²) in [6.45, 7) is 2.48. The molecule has 0 saturated heterocycles. The van der Waals surface area contributed by atoms with E-state index in [2.05, 4.69) is 31.9 Å². The fraction of sp³-hybridized carbons (Fsp3) is 0.200. The van der Waals surface area contributed by atoms with Crippen LogP contribution in [-0.4, -0.2) is 6.54 Å². The first-order valence-corrected chi connectivity index (χ1v) is 7.57. The van der Waals surface area contributed by atoms with Crippen molar-refractivity contribution in [2.45, 2.75) is 13.0 Å². The third-order valence-corrected chi connectivity index (χ3v) is 4.28. The molecule has 0 aliphatic heterocycles. The molecule has 0 saturated carbocycles. The van der Waals surface area contributed by atoms with Crippen LogP contribution in [0.4, 0.5) is 0 Å². The lowest BCUT2D eigenvalue weighted by atomic mass is 10.1. The number of ether oxygens (including phenoxy) is 1. The lowest BCUT2D eigenvalue weighted by molar-refractivity contribution is 0.214. The van der Waals surface area contributed by atoms with Gasteiger partial charge in [-0.25, -0.2) is 0 Å². The monoisotopic (exact) mass is 383 g/mol. The Labute approximate surface area is 130 Å². The second-order valence-corrected chi connectivity index (χ2v) is 6.07. The fourth-order valence-corrected chi connectivity index (χ4v) is 2.30. The lowest BCUT2D eigenvalue weighted by Gasteiger charge is -2.18. The zero-order valence-electron chi connectivity index (χ0n) is 10.6. The van der Waals surface area contributed by atoms with Crippen LogP contribution in [0.3, 0.4) is 0 Å². The standard InChI is InChI=1S/C15H15Br2NO/c1-10-8-13(6-7-14(10)17)19-15(9-18)11-2-4-12(16)5-3-11/h2-8,15H,9,18H2,1H3. The maximum Gasteiger partial charge on any atom is 0.136 e. The molecule has 0 amide bonds. The van der Waals surface area contributed by atoms with Crippen molar-refractivity contribution in [3.05, 3.63) is 62.5 Å². The number of hydrogen-bond donors (Lipinski definition) is 1. The molecular weight excluding hydrogens is 370 g/mol. The van der Waals surface area contributed by atoms with E-state index in [9.17, 15) is 0 Å². The Kier molecular flexibility index (Phi) is 5.02. The van der Waals surface area contributed by atoms with Gasteiger partial charge in [0.15, 0.2) is 0 Å². The van der Waals surface area contributed by atoms with Gasteiger partial charge in [-0.05, 0) is 48.4 Å². The van der Waals surface area contributed by atoms with E-state index in [0.717, 1.165) is 25.8 Å². The van der Waals surface area contributed by atoms with Gasteiger partial charge in [-0.3, -0.25) is 0 Å². The Morgan fingerprint density at radius 1 is 1.11 bits per heavy atom. The highest BCUT2D eigenvalue weighted by molar-refractivity contribution is 9.10. The molecule has 0 aliphatic carbocycles. The van der Waals surface area contributed by atoms with Crippen LogP contribution in [0.2, 0.25) is 0 Å². The van der Waals surface area contributed by atoms with E-state index in [1.54, 1.807) is 0 Å². The Morgan fingerprint density at radius 2 is 1.79 bits per heavy atom. The lowest BCUT2D eigenvalue weighted by Crippen LogP contribution is -2.18. The van der Waals surface area contributed by atoms with Gasteiger partial charge in [0, 0.05) is 15.5 Å². The molecule has 0 radical (unpaired) electrons. The molecule has 1 unspecified atom stereocenters. The minimum absolute atomic E-state index is 0.131. The largest absolute Gasteiger partial charge is 0.484 e. The van der Waals surface area contributed by atoms with Crippen molar-refractivity contribution >= 4 is 31.9 Å². The van der Waals surface area contributed by atoms with Gasteiger partial charge in [-0.2, -0.15) is 0 Å². The molecule has 1 atom stereocenters. The maximum absolute atomic E-state index is 5.96. The second-order valence-electron chi connectivity index (χ2n) is 4.30. The molecule has 0 bridgehead atoms. The summed E-state index contributed by atoms with van der Waals surface area (Å²) in [6.07, 6.45) is -0.131. The predicted molar refractivity (Wildman–Crippen MR) is 85.4 cm³/mol. The number of aryl methyl sites for hydroxylation is 1. The van der Waals surface area contributed by atoms with Crippen molar-refractivity contribution in [1.82, 2.24) is 0 Å². The average molecular weight is 385 g/mol. The molecule has 2 nitrogen and oxygen atoms in total. The molecule has 0 aromatic heterocycles. The smallest absolute Gasteiger partial charge is 0.136 e. The Morgan fingerprint density at radius 3 is 2.37 bits per heavy atom. The average Bonchev–Trinajstić information content (AvgIpc) is 2.41. The zero-order valence-corrected chi connectivity index (χ0v) is 13.7. The van der Waals surface area contributed by atoms with Crippen molar-refractivity contribution in [1.29, 1.82) is 0 Å². The van der Waals surface area contributed by atoms with Gasteiger partial charge in [-0.15, -0.1) is 0 Å². The molecule has 100 valence electrons. The van der Waals surface area contributed by atoms with E-state index in [0.29, 0.717) is 6.54 Å². The van der Waals surface area contributed by atoms with E-state index in [1.807, 2.05) is 49.4 Å². The first kappa shape index (κ1) is 14.6. The highest BCUT2D eigenvalue weighted by Gasteiger charge is 2.11. The molecule has 0 heterocycles. The quantitative estimate of drug-likeness (QED) is 0.835. The molecule has 2 rings (SSSR count). The third kappa shape index (κ3) is 3.81. The van der Waals surface area contributed by atoms with E-state index in [1.165, 1.54) is 0 Å². The summed E-state index contributed by atoms with van der Waals surface area (Å²) < 4.78 is 8.09. The molecule has 0 fully saturated rings. The van der Waals surface area contributed by atoms with Gasteiger partial charge in [0.2, 0.25) is 0 Å². The van der Waals surface area contributed by atoms with E-state index in [4.69, 9.17) is 10.5 Å². The minimum atomic E-state index is -0.131. The van der Waals surface area contributed by atoms with Crippen LogP contribution in [0.25, 0.3) is 0 Å². The van der Waals surface area contributed by atoms with Crippen LogP contribution in [0.15, 0.2) is 51.4 Å². The van der Waals surface area contributed by atoms with Crippen molar-refractivity contribution in [3.63, 3.8) is 0 Å². The van der Waals surface area contributed by atoms with Gasteiger partial charge in [0.05, 0.1) is 0 Å². The SMILES string of the molecule is Cc1cc(OC(CN)c2ccc(Br)cc2)ccc1Br.